The van der Waals surface area contributed by atoms with Crippen LogP contribution in [0.5, 0.6) is 11.5 Å². The van der Waals surface area contributed by atoms with Crippen molar-refractivity contribution in [2.45, 2.75) is 39.8 Å². The minimum atomic E-state index is -0.741. The molecule has 40 heavy (non-hydrogen) atoms. The molecule has 2 aromatic carbocycles. The highest BCUT2D eigenvalue weighted by Gasteiger charge is 2.33. The molecule has 4 rings (SSSR count). The lowest BCUT2D eigenvalue weighted by Gasteiger charge is -2.25. The smallest absolute Gasteiger partial charge is 0.343 e. The molecule has 210 valence electrons. The number of fused-ring (bicyclic) bond motifs is 1. The topological polar surface area (TPSA) is 105 Å². The highest BCUT2D eigenvalue weighted by atomic mass is 35.5. The van der Waals surface area contributed by atoms with Gasteiger partial charge in [-0.3, -0.25) is 9.36 Å². The normalized spacial score (nSPS) is 15.0. The fraction of sp³-hybridized carbons (Fsp3) is 0.310. The number of esters is 2. The summed E-state index contributed by atoms with van der Waals surface area (Å²) in [6.45, 7) is 7.20. The van der Waals surface area contributed by atoms with Crippen molar-refractivity contribution in [1.82, 2.24) is 4.57 Å². The molecule has 0 spiro atoms. The van der Waals surface area contributed by atoms with Crippen molar-refractivity contribution in [3.63, 3.8) is 0 Å². The Labute approximate surface area is 239 Å². The summed E-state index contributed by atoms with van der Waals surface area (Å²) in [6.07, 6.45) is 1.38. The van der Waals surface area contributed by atoms with Gasteiger partial charge in [0.25, 0.3) is 5.56 Å². The largest absolute Gasteiger partial charge is 0.490 e. The number of carbonyl (C=O) groups excluding carboxylic acids is 2. The molecule has 9 nitrogen and oxygen atoms in total. The van der Waals surface area contributed by atoms with Gasteiger partial charge >= 0.3 is 11.9 Å². The molecule has 0 amide bonds. The van der Waals surface area contributed by atoms with Gasteiger partial charge in [-0.05, 0) is 69.2 Å². The molecule has 1 aliphatic heterocycles. The molecule has 0 fully saturated rings. The van der Waals surface area contributed by atoms with Gasteiger partial charge in [-0.25, -0.2) is 14.6 Å². The first-order valence-electron chi connectivity index (χ1n) is 12.6. The first kappa shape index (κ1) is 29.1. The van der Waals surface area contributed by atoms with Gasteiger partial charge in [0.05, 0.1) is 41.7 Å². The fourth-order valence-electron chi connectivity index (χ4n) is 4.17. The van der Waals surface area contributed by atoms with E-state index in [-0.39, 0.29) is 18.3 Å². The highest BCUT2D eigenvalue weighted by Crippen LogP contribution is 2.32. The number of carbonyl (C=O) groups is 2. The van der Waals surface area contributed by atoms with Crippen LogP contribution in [0, 0.1) is 0 Å². The van der Waals surface area contributed by atoms with Crippen LogP contribution in [0.4, 0.5) is 0 Å². The molecule has 0 bridgehead atoms. The summed E-state index contributed by atoms with van der Waals surface area (Å²) in [5.41, 5.74) is 1.84. The van der Waals surface area contributed by atoms with Crippen LogP contribution in [0.15, 0.2) is 63.5 Å². The van der Waals surface area contributed by atoms with Crippen molar-refractivity contribution in [2.24, 2.45) is 4.99 Å². The molecule has 0 saturated heterocycles. The van der Waals surface area contributed by atoms with Crippen molar-refractivity contribution in [1.29, 1.82) is 0 Å². The van der Waals surface area contributed by atoms with E-state index in [4.69, 9.17) is 25.8 Å². The molecule has 11 heteroatoms. The van der Waals surface area contributed by atoms with E-state index in [1.165, 1.54) is 23.0 Å². The van der Waals surface area contributed by atoms with Crippen LogP contribution in [0.25, 0.3) is 6.08 Å². The Balaban J connectivity index is 1.82. The van der Waals surface area contributed by atoms with Crippen LogP contribution in [0.1, 0.15) is 44.9 Å². The summed E-state index contributed by atoms with van der Waals surface area (Å²) in [4.78, 5) is 43.6. The summed E-state index contributed by atoms with van der Waals surface area (Å²) in [5.74, 6) is -0.261. The zero-order chi connectivity index (χ0) is 29.0. The standard InChI is InChI=1S/C29H29ClN2O7S/c1-6-37-22-13-18(7-12-21(22)38-15-24(33)36-5)14-23-27(34)32-26(19-8-10-20(30)11-9-19)25(28(35)39-16(2)3)17(4)31-29(32)40-23/h7-14,16,26H,6,15H2,1-5H3. The number of halogens is 1. The highest BCUT2D eigenvalue weighted by molar-refractivity contribution is 7.07. The number of nitrogens with zero attached hydrogens (tertiary/aromatic N) is 2. The van der Waals surface area contributed by atoms with Crippen LogP contribution in [0.3, 0.4) is 0 Å². The maximum absolute atomic E-state index is 13.8. The van der Waals surface area contributed by atoms with Gasteiger partial charge in [0.1, 0.15) is 0 Å². The Bertz CT molecular complexity index is 1640. The Morgan fingerprint density at radius 1 is 1.12 bits per heavy atom. The summed E-state index contributed by atoms with van der Waals surface area (Å²) in [5, 5.41) is 0.535. The third-order valence-electron chi connectivity index (χ3n) is 5.91. The Morgan fingerprint density at radius 3 is 2.50 bits per heavy atom. The summed E-state index contributed by atoms with van der Waals surface area (Å²) in [6, 6.07) is 11.4. The zero-order valence-electron chi connectivity index (χ0n) is 22.7. The number of rotatable bonds is 9. The lowest BCUT2D eigenvalue weighted by molar-refractivity contribution is -0.144. The van der Waals surface area contributed by atoms with Crippen molar-refractivity contribution in [2.75, 3.05) is 20.3 Å². The molecule has 1 atom stereocenters. The number of hydrogen-bond donors (Lipinski definition) is 0. The van der Waals surface area contributed by atoms with Crippen molar-refractivity contribution >= 4 is 41.0 Å². The van der Waals surface area contributed by atoms with Crippen molar-refractivity contribution < 1.29 is 28.5 Å². The number of ether oxygens (including phenoxy) is 4. The van der Waals surface area contributed by atoms with Crippen molar-refractivity contribution in [3.8, 4) is 11.5 Å². The van der Waals surface area contributed by atoms with E-state index < -0.39 is 18.0 Å². The second kappa shape index (κ2) is 12.5. The van der Waals surface area contributed by atoms with Gasteiger partial charge in [-0.15, -0.1) is 0 Å². The van der Waals surface area contributed by atoms with Gasteiger partial charge < -0.3 is 18.9 Å². The van der Waals surface area contributed by atoms with Gasteiger partial charge in [0.15, 0.2) is 22.9 Å². The van der Waals surface area contributed by atoms with Gasteiger partial charge in [-0.2, -0.15) is 0 Å². The van der Waals surface area contributed by atoms with E-state index >= 15 is 0 Å². The molecule has 1 unspecified atom stereocenters. The average molecular weight is 585 g/mol. The second-order valence-corrected chi connectivity index (χ2v) is 10.5. The van der Waals surface area contributed by atoms with E-state index in [1.807, 2.05) is 6.92 Å². The monoisotopic (exact) mass is 584 g/mol. The first-order valence-corrected chi connectivity index (χ1v) is 13.8. The molecule has 0 aliphatic carbocycles. The van der Waals surface area contributed by atoms with E-state index in [1.54, 1.807) is 69.3 Å². The zero-order valence-corrected chi connectivity index (χ0v) is 24.3. The predicted molar refractivity (Wildman–Crippen MR) is 152 cm³/mol. The minimum absolute atomic E-state index is 0.264. The molecule has 3 aromatic rings. The molecule has 0 N–H and O–H groups in total. The minimum Gasteiger partial charge on any atom is -0.490 e. The average Bonchev–Trinajstić information content (AvgIpc) is 3.21. The first-order chi connectivity index (χ1) is 19.1. The van der Waals surface area contributed by atoms with E-state index in [0.717, 1.165) is 0 Å². The quantitative estimate of drug-likeness (QED) is 0.352. The Kier molecular flexibility index (Phi) is 9.11. The van der Waals surface area contributed by atoms with E-state index in [0.29, 0.717) is 54.9 Å². The maximum atomic E-state index is 13.8. The van der Waals surface area contributed by atoms with Crippen LogP contribution >= 0.6 is 22.9 Å². The third-order valence-corrected chi connectivity index (χ3v) is 7.14. The number of methoxy groups -OCH3 is 1. The molecule has 2 heterocycles. The molecule has 0 saturated carbocycles. The van der Waals surface area contributed by atoms with Gasteiger partial charge in [-0.1, -0.05) is 41.1 Å². The second-order valence-electron chi connectivity index (χ2n) is 9.09. The summed E-state index contributed by atoms with van der Waals surface area (Å²) in [7, 11) is 1.28. The molecule has 1 aromatic heterocycles. The van der Waals surface area contributed by atoms with Crippen LogP contribution in [0.2, 0.25) is 5.02 Å². The molecular weight excluding hydrogens is 556 g/mol. The fourth-order valence-corrected chi connectivity index (χ4v) is 5.34. The number of allylic oxidation sites excluding steroid dienone is 1. The maximum Gasteiger partial charge on any atom is 0.343 e. The number of hydrogen-bond acceptors (Lipinski definition) is 9. The summed E-state index contributed by atoms with van der Waals surface area (Å²) >= 11 is 7.34. The van der Waals surface area contributed by atoms with Crippen molar-refractivity contribution in [3.05, 3.63) is 89.6 Å². The molecule has 0 radical (unpaired) electrons. The Hall–Kier alpha value is -3.89. The van der Waals surface area contributed by atoms with Crippen LogP contribution < -0.4 is 24.4 Å². The lowest BCUT2D eigenvalue weighted by atomic mass is 9.96. The van der Waals surface area contributed by atoms with Crippen LogP contribution in [-0.4, -0.2) is 42.9 Å². The predicted octanol–water partition coefficient (Wildman–Crippen LogP) is 3.79. The third kappa shape index (κ3) is 6.29. The van der Waals surface area contributed by atoms with E-state index in [9.17, 15) is 14.4 Å². The SMILES string of the molecule is CCOc1cc(C=c2sc3n(c2=O)C(c2ccc(Cl)cc2)C(C(=O)OC(C)C)=C(C)N=3)ccc1OCC(=O)OC. The Morgan fingerprint density at radius 2 is 1.85 bits per heavy atom. The van der Waals surface area contributed by atoms with Crippen LogP contribution in [-0.2, 0) is 19.1 Å². The van der Waals surface area contributed by atoms with Gasteiger partial charge in [0.2, 0.25) is 0 Å². The molecule has 1 aliphatic rings. The number of thiazole rings is 1. The molecular formula is C29H29ClN2O7S. The van der Waals surface area contributed by atoms with Gasteiger partial charge in [0, 0.05) is 5.02 Å². The summed E-state index contributed by atoms with van der Waals surface area (Å²) < 4.78 is 23.3. The number of aromatic nitrogens is 1. The lowest BCUT2D eigenvalue weighted by Crippen LogP contribution is -2.40. The number of benzene rings is 2. The van der Waals surface area contributed by atoms with E-state index in [2.05, 4.69) is 9.73 Å².